The van der Waals surface area contributed by atoms with Crippen LogP contribution in [0.2, 0.25) is 0 Å². The molecular weight excluding hydrogens is 227 g/mol. The summed E-state index contributed by atoms with van der Waals surface area (Å²) in [6.07, 6.45) is 6.06. The number of carbonyl (C=O) groups excluding carboxylic acids is 1. The lowest BCUT2D eigenvalue weighted by atomic mass is 9.83. The highest BCUT2D eigenvalue weighted by Crippen LogP contribution is 2.33. The van der Waals surface area contributed by atoms with E-state index >= 15 is 0 Å². The number of carbonyl (C=O) groups is 1. The summed E-state index contributed by atoms with van der Waals surface area (Å²) >= 11 is 0. The Hall–Kier alpha value is -1.18. The molecule has 0 radical (unpaired) electrons. The van der Waals surface area contributed by atoms with Crippen molar-refractivity contribution in [1.82, 2.24) is 0 Å². The molecule has 98 valence electrons. The molecule has 1 fully saturated rings. The zero-order chi connectivity index (χ0) is 13.1. The normalized spacial score (nSPS) is 17.1. The maximum Gasteiger partial charge on any atom is 0.168 e. The van der Waals surface area contributed by atoms with Crippen molar-refractivity contribution in [3.05, 3.63) is 35.1 Å². The number of hydrogen-bond acceptors (Lipinski definition) is 1. The quantitative estimate of drug-likeness (QED) is 0.708. The fourth-order valence-corrected chi connectivity index (χ4v) is 2.73. The Morgan fingerprint density at radius 3 is 2.44 bits per heavy atom. The summed E-state index contributed by atoms with van der Waals surface area (Å²) in [5.74, 6) is -0.129. The first-order valence-corrected chi connectivity index (χ1v) is 6.93. The fourth-order valence-electron chi connectivity index (χ4n) is 2.73. The first kappa shape index (κ1) is 13.3. The van der Waals surface area contributed by atoms with Gasteiger partial charge in [0, 0.05) is 5.92 Å². The minimum atomic E-state index is -0.350. The maximum atomic E-state index is 14.0. The van der Waals surface area contributed by atoms with Crippen molar-refractivity contribution in [1.29, 1.82) is 0 Å². The van der Waals surface area contributed by atoms with E-state index < -0.39 is 0 Å². The average molecular weight is 248 g/mol. The van der Waals surface area contributed by atoms with Gasteiger partial charge in [-0.2, -0.15) is 0 Å². The second-order valence-corrected chi connectivity index (χ2v) is 5.59. The molecule has 1 aliphatic rings. The van der Waals surface area contributed by atoms with Crippen LogP contribution in [0.5, 0.6) is 0 Å². The molecule has 2 rings (SSSR count). The average Bonchev–Trinajstić information content (AvgIpc) is 2.38. The highest BCUT2D eigenvalue weighted by atomic mass is 19.1. The number of Topliss-reactive ketones (excluding diaryl/α,β-unsaturated/α-hetero) is 1. The van der Waals surface area contributed by atoms with E-state index in [2.05, 4.69) is 0 Å². The number of benzene rings is 1. The monoisotopic (exact) mass is 248 g/mol. The van der Waals surface area contributed by atoms with Gasteiger partial charge < -0.3 is 0 Å². The largest absolute Gasteiger partial charge is 0.294 e. The molecule has 0 unspecified atom stereocenters. The maximum absolute atomic E-state index is 14.0. The molecule has 2 heteroatoms. The zero-order valence-electron chi connectivity index (χ0n) is 11.2. The molecule has 1 nitrogen and oxygen atoms in total. The lowest BCUT2D eigenvalue weighted by molar-refractivity contribution is 0.0935. The molecule has 0 aliphatic heterocycles. The first-order chi connectivity index (χ1) is 8.59. The van der Waals surface area contributed by atoms with Gasteiger partial charge in [-0.1, -0.05) is 39.2 Å². The lowest BCUT2D eigenvalue weighted by Gasteiger charge is -2.22. The van der Waals surface area contributed by atoms with Gasteiger partial charge in [0.25, 0.3) is 0 Å². The Labute approximate surface area is 108 Å². The summed E-state index contributed by atoms with van der Waals surface area (Å²) in [7, 11) is 0. The standard InChI is InChI=1S/C16H21FO/c1-11(2)16(18)14-9-8-13(10-15(14)17)12-6-4-3-5-7-12/h8-12H,3-7H2,1-2H3. The molecule has 0 amide bonds. The van der Waals surface area contributed by atoms with Crippen molar-refractivity contribution < 1.29 is 9.18 Å². The van der Waals surface area contributed by atoms with E-state index in [1.807, 2.05) is 6.07 Å². The van der Waals surface area contributed by atoms with E-state index in [9.17, 15) is 9.18 Å². The van der Waals surface area contributed by atoms with Crippen molar-refractivity contribution in [3.8, 4) is 0 Å². The van der Waals surface area contributed by atoms with Gasteiger partial charge in [-0.05, 0) is 36.5 Å². The van der Waals surface area contributed by atoms with Gasteiger partial charge in [0.2, 0.25) is 0 Å². The summed E-state index contributed by atoms with van der Waals surface area (Å²) in [6, 6.07) is 5.18. The smallest absolute Gasteiger partial charge is 0.168 e. The van der Waals surface area contributed by atoms with Crippen LogP contribution in [0.3, 0.4) is 0 Å². The van der Waals surface area contributed by atoms with E-state index in [0.717, 1.165) is 18.4 Å². The number of hydrogen-bond donors (Lipinski definition) is 0. The third-order valence-corrected chi connectivity index (χ3v) is 3.86. The number of ketones is 1. The highest BCUT2D eigenvalue weighted by molar-refractivity contribution is 5.97. The van der Waals surface area contributed by atoms with Crippen LogP contribution in [0.4, 0.5) is 4.39 Å². The van der Waals surface area contributed by atoms with Crippen LogP contribution < -0.4 is 0 Å². The zero-order valence-corrected chi connectivity index (χ0v) is 11.2. The molecule has 0 spiro atoms. The van der Waals surface area contributed by atoms with E-state index in [0.29, 0.717) is 5.92 Å². The fraction of sp³-hybridized carbons (Fsp3) is 0.562. The minimum Gasteiger partial charge on any atom is -0.294 e. The van der Waals surface area contributed by atoms with Crippen molar-refractivity contribution in [3.63, 3.8) is 0 Å². The Bertz CT molecular complexity index is 431. The van der Waals surface area contributed by atoms with E-state index in [1.165, 1.54) is 19.3 Å². The third-order valence-electron chi connectivity index (χ3n) is 3.86. The van der Waals surface area contributed by atoms with Gasteiger partial charge in [0.1, 0.15) is 5.82 Å². The second kappa shape index (κ2) is 5.64. The van der Waals surface area contributed by atoms with Crippen LogP contribution in [0.1, 0.15) is 67.8 Å². The Balaban J connectivity index is 2.21. The molecule has 0 atom stereocenters. The van der Waals surface area contributed by atoms with Gasteiger partial charge in [-0.25, -0.2) is 4.39 Å². The minimum absolute atomic E-state index is 0.109. The van der Waals surface area contributed by atoms with Crippen LogP contribution in [-0.2, 0) is 0 Å². The molecule has 0 N–H and O–H groups in total. The van der Waals surface area contributed by atoms with Gasteiger partial charge in [-0.15, -0.1) is 0 Å². The van der Waals surface area contributed by atoms with Crippen LogP contribution in [-0.4, -0.2) is 5.78 Å². The topological polar surface area (TPSA) is 17.1 Å². The van der Waals surface area contributed by atoms with Crippen molar-refractivity contribution >= 4 is 5.78 Å². The summed E-state index contributed by atoms with van der Waals surface area (Å²) in [4.78, 5) is 11.8. The van der Waals surface area contributed by atoms with Crippen LogP contribution in [0.15, 0.2) is 18.2 Å². The lowest BCUT2D eigenvalue weighted by Crippen LogP contribution is -2.11. The number of rotatable bonds is 3. The van der Waals surface area contributed by atoms with E-state index in [-0.39, 0.29) is 23.1 Å². The van der Waals surface area contributed by atoms with Crippen molar-refractivity contribution in [2.75, 3.05) is 0 Å². The molecule has 0 bridgehead atoms. The summed E-state index contributed by atoms with van der Waals surface area (Å²) in [5.41, 5.74) is 1.30. The molecule has 1 aromatic carbocycles. The molecule has 18 heavy (non-hydrogen) atoms. The molecule has 0 heterocycles. The van der Waals surface area contributed by atoms with Crippen LogP contribution in [0, 0.1) is 11.7 Å². The van der Waals surface area contributed by atoms with Crippen molar-refractivity contribution in [2.45, 2.75) is 51.9 Å². The SMILES string of the molecule is CC(C)C(=O)c1ccc(C2CCCCC2)cc1F. The molecular formula is C16H21FO. The Morgan fingerprint density at radius 1 is 1.22 bits per heavy atom. The first-order valence-electron chi connectivity index (χ1n) is 6.93. The second-order valence-electron chi connectivity index (χ2n) is 5.59. The van der Waals surface area contributed by atoms with Gasteiger partial charge in [0.15, 0.2) is 5.78 Å². The molecule has 1 aliphatic carbocycles. The predicted molar refractivity (Wildman–Crippen MR) is 71.4 cm³/mol. The van der Waals surface area contributed by atoms with Crippen molar-refractivity contribution in [2.24, 2.45) is 5.92 Å². The summed E-state index contributed by atoms with van der Waals surface area (Å²) in [5, 5.41) is 0. The number of halogens is 1. The summed E-state index contributed by atoms with van der Waals surface area (Å²) < 4.78 is 14.0. The van der Waals surface area contributed by atoms with Gasteiger partial charge in [-0.3, -0.25) is 4.79 Å². The van der Waals surface area contributed by atoms with E-state index in [1.54, 1.807) is 26.0 Å². The van der Waals surface area contributed by atoms with Crippen LogP contribution in [0.25, 0.3) is 0 Å². The third kappa shape index (κ3) is 2.80. The molecule has 1 aromatic rings. The van der Waals surface area contributed by atoms with Gasteiger partial charge >= 0.3 is 0 Å². The molecule has 0 aromatic heterocycles. The Morgan fingerprint density at radius 2 is 1.89 bits per heavy atom. The highest BCUT2D eigenvalue weighted by Gasteiger charge is 2.19. The predicted octanol–water partition coefficient (Wildman–Crippen LogP) is 4.71. The Kier molecular flexibility index (Phi) is 4.15. The van der Waals surface area contributed by atoms with Gasteiger partial charge in [0.05, 0.1) is 5.56 Å². The molecule has 1 saturated carbocycles. The van der Waals surface area contributed by atoms with Crippen LogP contribution >= 0.6 is 0 Å². The molecule has 0 saturated heterocycles. The van der Waals surface area contributed by atoms with E-state index in [4.69, 9.17) is 0 Å². The summed E-state index contributed by atoms with van der Waals surface area (Å²) in [6.45, 7) is 3.60.